The molecule has 35 heavy (non-hydrogen) atoms. The van der Waals surface area contributed by atoms with Crippen molar-refractivity contribution in [2.24, 2.45) is 5.41 Å². The van der Waals surface area contributed by atoms with E-state index in [0.717, 1.165) is 60.8 Å². The lowest BCUT2D eigenvalue weighted by Crippen LogP contribution is -2.73. The molecular weight excluding hydrogens is 471 g/mol. The number of hydrogen-bond acceptors (Lipinski definition) is 8. The molecule has 9 nitrogen and oxygen atoms in total. The van der Waals surface area contributed by atoms with Crippen LogP contribution in [0.2, 0.25) is 5.02 Å². The molecule has 2 aromatic heterocycles. The van der Waals surface area contributed by atoms with Crippen LogP contribution in [0.25, 0.3) is 5.69 Å². The molecule has 0 N–H and O–H groups in total. The number of ether oxygens (including phenoxy) is 1. The minimum absolute atomic E-state index is 0.143. The largest absolute Gasteiger partial charge is 0.375 e. The summed E-state index contributed by atoms with van der Waals surface area (Å²) in [5, 5.41) is 9.79. The third kappa shape index (κ3) is 3.57. The number of alkyl halides is 1. The summed E-state index contributed by atoms with van der Waals surface area (Å²) in [6.45, 7) is 7.38. The molecule has 0 saturated carbocycles. The molecule has 3 fully saturated rings. The van der Waals surface area contributed by atoms with Crippen molar-refractivity contribution in [3.05, 3.63) is 52.6 Å². The molecule has 182 valence electrons. The maximum Gasteiger partial charge on any atom is 0.231 e. The summed E-state index contributed by atoms with van der Waals surface area (Å²) in [5.41, 5.74) is 1.95. The van der Waals surface area contributed by atoms with Crippen LogP contribution in [-0.4, -0.2) is 81.2 Å². The highest BCUT2D eigenvalue weighted by atomic mass is 35.5. The van der Waals surface area contributed by atoms with E-state index in [1.54, 1.807) is 0 Å². The van der Waals surface area contributed by atoms with Crippen LogP contribution in [0.3, 0.4) is 0 Å². The Bertz CT molecular complexity index is 1300. The van der Waals surface area contributed by atoms with Crippen molar-refractivity contribution in [1.29, 1.82) is 0 Å². The highest BCUT2D eigenvalue weighted by molar-refractivity contribution is 6.30. The molecule has 0 atom stereocenters. The van der Waals surface area contributed by atoms with Gasteiger partial charge >= 0.3 is 0 Å². The van der Waals surface area contributed by atoms with E-state index >= 15 is 0 Å². The molecule has 0 radical (unpaired) electrons. The molecule has 3 aromatic rings. The van der Waals surface area contributed by atoms with Crippen molar-refractivity contribution in [1.82, 2.24) is 29.6 Å². The van der Waals surface area contributed by atoms with Gasteiger partial charge in [-0.3, -0.25) is 9.47 Å². The maximum atomic E-state index is 14.9. The summed E-state index contributed by atoms with van der Waals surface area (Å²) in [5.74, 6) is 2.45. The topological polar surface area (TPSA) is 75.4 Å². The van der Waals surface area contributed by atoms with Crippen LogP contribution in [0.5, 0.6) is 0 Å². The average Bonchev–Trinajstić information content (AvgIpc) is 3.07. The van der Waals surface area contributed by atoms with Crippen LogP contribution in [0.1, 0.15) is 17.1 Å². The van der Waals surface area contributed by atoms with Crippen LogP contribution in [0, 0.1) is 12.3 Å². The van der Waals surface area contributed by atoms with E-state index in [9.17, 15) is 4.39 Å². The minimum atomic E-state index is -1.31. The number of anilines is 2. The zero-order valence-electron chi connectivity index (χ0n) is 19.5. The molecule has 3 saturated heterocycles. The third-order valence-electron chi connectivity index (χ3n) is 7.44. The first-order valence-electron chi connectivity index (χ1n) is 11.9. The van der Waals surface area contributed by atoms with E-state index in [4.69, 9.17) is 16.3 Å². The van der Waals surface area contributed by atoms with Crippen molar-refractivity contribution >= 4 is 23.5 Å². The minimum Gasteiger partial charge on any atom is -0.375 e. The first-order valence-corrected chi connectivity index (χ1v) is 12.3. The van der Waals surface area contributed by atoms with Gasteiger partial charge in [-0.05, 0) is 36.8 Å². The lowest BCUT2D eigenvalue weighted by atomic mass is 9.73. The quantitative estimate of drug-likeness (QED) is 0.545. The van der Waals surface area contributed by atoms with Gasteiger partial charge in [-0.15, -0.1) is 10.2 Å². The normalized spacial score (nSPS) is 22.0. The first-order chi connectivity index (χ1) is 16.9. The summed E-state index contributed by atoms with van der Waals surface area (Å²) < 4.78 is 22.2. The Hall–Kier alpha value is -2.82. The Morgan fingerprint density at radius 1 is 1.06 bits per heavy atom. The highest BCUT2D eigenvalue weighted by Gasteiger charge is 2.54. The zero-order chi connectivity index (χ0) is 23.8. The van der Waals surface area contributed by atoms with Crippen molar-refractivity contribution < 1.29 is 9.13 Å². The summed E-state index contributed by atoms with van der Waals surface area (Å²) >= 11 is 6.35. The molecule has 0 unspecified atom stereocenters. The number of fused-ring (bicyclic) bond motifs is 3. The molecule has 4 aliphatic heterocycles. The fourth-order valence-electron chi connectivity index (χ4n) is 5.78. The Morgan fingerprint density at radius 2 is 1.86 bits per heavy atom. The van der Waals surface area contributed by atoms with Crippen LogP contribution in [0.15, 0.2) is 30.5 Å². The summed E-state index contributed by atoms with van der Waals surface area (Å²) in [7, 11) is 0. The third-order valence-corrected chi connectivity index (χ3v) is 7.67. The number of aryl methyl sites for hydroxylation is 1. The second kappa shape index (κ2) is 7.59. The molecule has 0 amide bonds. The van der Waals surface area contributed by atoms with E-state index in [1.807, 2.05) is 37.4 Å². The van der Waals surface area contributed by atoms with E-state index in [2.05, 4.69) is 39.4 Å². The van der Waals surface area contributed by atoms with Crippen molar-refractivity contribution in [2.75, 3.05) is 55.7 Å². The number of hydrogen-bond donors (Lipinski definition) is 0. The highest BCUT2D eigenvalue weighted by Crippen LogP contribution is 2.43. The molecule has 11 heteroatoms. The molecule has 7 rings (SSSR count). The molecule has 4 aliphatic rings. The predicted molar refractivity (Wildman–Crippen MR) is 129 cm³/mol. The van der Waals surface area contributed by atoms with Gasteiger partial charge in [0.1, 0.15) is 0 Å². The van der Waals surface area contributed by atoms with E-state index < -0.39 is 5.67 Å². The first kappa shape index (κ1) is 21.5. The summed E-state index contributed by atoms with van der Waals surface area (Å²) in [6, 6.07) is 7.79. The van der Waals surface area contributed by atoms with Crippen molar-refractivity contribution in [2.45, 2.75) is 25.7 Å². The fraction of sp³-hybridized carbons (Fsp3) is 0.500. The van der Waals surface area contributed by atoms with E-state index in [1.165, 1.54) is 0 Å². The zero-order valence-corrected chi connectivity index (χ0v) is 20.2. The monoisotopic (exact) mass is 496 g/mol. The van der Waals surface area contributed by atoms with E-state index in [-0.39, 0.29) is 18.6 Å². The number of rotatable bonds is 4. The summed E-state index contributed by atoms with van der Waals surface area (Å²) in [4.78, 5) is 15.6. The Morgan fingerprint density at radius 3 is 2.60 bits per heavy atom. The molecule has 1 aromatic carbocycles. The van der Waals surface area contributed by atoms with Crippen LogP contribution < -0.4 is 9.80 Å². The van der Waals surface area contributed by atoms with Crippen LogP contribution in [0.4, 0.5) is 16.3 Å². The lowest BCUT2D eigenvalue weighted by Gasteiger charge is -2.60. The fourth-order valence-corrected chi connectivity index (χ4v) is 5.98. The molecular formula is C24H26ClFN8O. The second-order valence-corrected chi connectivity index (χ2v) is 11.0. The second-order valence-electron chi connectivity index (χ2n) is 10.5. The Kier molecular flexibility index (Phi) is 4.65. The van der Waals surface area contributed by atoms with Gasteiger partial charge in [0.05, 0.1) is 25.4 Å². The van der Waals surface area contributed by atoms with Gasteiger partial charge in [-0.25, -0.2) is 14.4 Å². The summed E-state index contributed by atoms with van der Waals surface area (Å²) in [6.07, 6.45) is 1.82. The van der Waals surface area contributed by atoms with Crippen molar-refractivity contribution in [3.8, 4) is 5.69 Å². The number of nitrogens with zero attached hydrogens (tertiary/aromatic N) is 8. The molecule has 0 bridgehead atoms. The number of halogens is 2. The lowest BCUT2D eigenvalue weighted by molar-refractivity contribution is -0.142. The molecule has 6 heterocycles. The maximum absolute atomic E-state index is 14.9. The molecule has 0 aliphatic carbocycles. The standard InChI is InChI=1S/C24H26ClFN8O/c1-16-4-5-27-21(28-16)32-9-23(10-32)11-33(12-23)22-30-29-20-8-31(13-24(26)14-35-15-24)7-17-6-18(25)2-3-19(17)34(20)22/h2-6H,7-15H2,1H3. The van der Waals surface area contributed by atoms with Gasteiger partial charge in [0, 0.05) is 61.6 Å². The van der Waals surface area contributed by atoms with Gasteiger partial charge in [-0.2, -0.15) is 0 Å². The Balaban J connectivity index is 1.13. The Labute approximate surface area is 207 Å². The molecule has 1 spiro atoms. The predicted octanol–water partition coefficient (Wildman–Crippen LogP) is 2.40. The van der Waals surface area contributed by atoms with Gasteiger partial charge in [0.15, 0.2) is 11.5 Å². The van der Waals surface area contributed by atoms with Crippen LogP contribution >= 0.6 is 11.6 Å². The average molecular weight is 497 g/mol. The van der Waals surface area contributed by atoms with Gasteiger partial charge in [-0.1, -0.05) is 11.6 Å². The van der Waals surface area contributed by atoms with Gasteiger partial charge < -0.3 is 14.5 Å². The smallest absolute Gasteiger partial charge is 0.231 e. The number of benzene rings is 1. The van der Waals surface area contributed by atoms with Gasteiger partial charge in [0.2, 0.25) is 11.9 Å². The number of aromatic nitrogens is 5. The van der Waals surface area contributed by atoms with Crippen LogP contribution in [-0.2, 0) is 17.8 Å². The van der Waals surface area contributed by atoms with Gasteiger partial charge in [0.25, 0.3) is 0 Å². The van der Waals surface area contributed by atoms with Crippen molar-refractivity contribution in [3.63, 3.8) is 0 Å². The van der Waals surface area contributed by atoms with E-state index in [0.29, 0.717) is 24.7 Å². The SMILES string of the molecule is Cc1ccnc(N2CC3(C2)CN(c2nnc4n2-c2ccc(Cl)cc2CN(CC2(F)COC2)C4)C3)n1.